The monoisotopic (exact) mass is 389 g/mol. The molecule has 0 saturated carbocycles. The van der Waals surface area contributed by atoms with Crippen molar-refractivity contribution in [2.45, 2.75) is 31.3 Å². The van der Waals surface area contributed by atoms with E-state index in [1.165, 1.54) is 11.3 Å². The molecule has 3 N–H and O–H groups in total. The molecular formula is C13H16BrN3O2S2. The minimum absolute atomic E-state index is 0.186. The topological polar surface area (TPSA) is 85.1 Å². The van der Waals surface area contributed by atoms with E-state index in [9.17, 15) is 8.42 Å². The summed E-state index contributed by atoms with van der Waals surface area (Å²) in [5, 5.41) is 2.63. The van der Waals surface area contributed by atoms with Crippen LogP contribution >= 0.6 is 27.3 Å². The van der Waals surface area contributed by atoms with Gasteiger partial charge in [0.1, 0.15) is 5.01 Å². The third kappa shape index (κ3) is 3.89. The number of thiazole rings is 1. The maximum Gasteiger partial charge on any atom is 0.242 e. The highest BCUT2D eigenvalue weighted by Crippen LogP contribution is 2.26. The Labute approximate surface area is 136 Å². The summed E-state index contributed by atoms with van der Waals surface area (Å²) in [5.41, 5.74) is 7.21. The predicted molar refractivity (Wildman–Crippen MR) is 87.6 cm³/mol. The number of benzene rings is 1. The molecule has 0 saturated heterocycles. The van der Waals surface area contributed by atoms with Gasteiger partial charge in [0.2, 0.25) is 10.0 Å². The van der Waals surface area contributed by atoms with E-state index in [0.29, 0.717) is 4.47 Å². The fourth-order valence-corrected chi connectivity index (χ4v) is 4.90. The number of aryl methyl sites for hydroxylation is 1. The lowest BCUT2D eigenvalue weighted by Gasteiger charge is -2.14. The van der Waals surface area contributed by atoms with E-state index in [4.69, 9.17) is 5.73 Å². The van der Waals surface area contributed by atoms with Crippen molar-refractivity contribution < 1.29 is 8.42 Å². The van der Waals surface area contributed by atoms with Crippen LogP contribution in [0.15, 0.2) is 32.9 Å². The second-order valence-electron chi connectivity index (χ2n) is 4.64. The summed E-state index contributed by atoms with van der Waals surface area (Å²) in [6.45, 7) is 3.94. The number of sulfonamides is 1. The number of hydrogen-bond acceptors (Lipinski definition) is 5. The molecule has 0 aliphatic rings. The molecule has 1 unspecified atom stereocenters. The standard InChI is InChI=1S/C13H16BrN3O2S2/c1-8-7-20-13(16-8)9(2)17-21(18,19)12-5-10(6-15)3-4-11(12)14/h3-5,7,9,17H,6,15H2,1-2H3. The summed E-state index contributed by atoms with van der Waals surface area (Å²) >= 11 is 4.71. The van der Waals surface area contributed by atoms with Gasteiger partial charge in [0.15, 0.2) is 0 Å². The lowest BCUT2D eigenvalue weighted by molar-refractivity contribution is 0.565. The van der Waals surface area contributed by atoms with Gasteiger partial charge in [-0.25, -0.2) is 18.1 Å². The molecule has 0 spiro atoms. The molecular weight excluding hydrogens is 374 g/mol. The molecule has 0 bridgehead atoms. The Morgan fingerprint density at radius 3 is 2.76 bits per heavy atom. The van der Waals surface area contributed by atoms with Crippen LogP contribution in [-0.4, -0.2) is 13.4 Å². The second kappa shape index (κ2) is 6.53. The summed E-state index contributed by atoms with van der Waals surface area (Å²) in [7, 11) is -3.65. The van der Waals surface area contributed by atoms with Gasteiger partial charge in [-0.3, -0.25) is 0 Å². The van der Waals surface area contributed by atoms with Gasteiger partial charge in [-0.2, -0.15) is 0 Å². The van der Waals surface area contributed by atoms with E-state index in [2.05, 4.69) is 25.6 Å². The summed E-state index contributed by atoms with van der Waals surface area (Å²) in [6, 6.07) is 4.67. The first-order chi connectivity index (χ1) is 9.83. The van der Waals surface area contributed by atoms with E-state index in [1.54, 1.807) is 25.1 Å². The fraction of sp³-hybridized carbons (Fsp3) is 0.308. The average Bonchev–Trinajstić information content (AvgIpc) is 2.85. The molecule has 21 heavy (non-hydrogen) atoms. The minimum Gasteiger partial charge on any atom is -0.326 e. The number of aromatic nitrogens is 1. The summed E-state index contributed by atoms with van der Waals surface area (Å²) in [4.78, 5) is 4.49. The fourth-order valence-electron chi connectivity index (χ4n) is 1.80. The summed E-state index contributed by atoms with van der Waals surface area (Å²) < 4.78 is 28.2. The third-order valence-electron chi connectivity index (χ3n) is 2.86. The van der Waals surface area contributed by atoms with E-state index in [1.807, 2.05) is 12.3 Å². The Morgan fingerprint density at radius 1 is 1.48 bits per heavy atom. The highest BCUT2D eigenvalue weighted by molar-refractivity contribution is 9.10. The van der Waals surface area contributed by atoms with Gasteiger partial charge in [0.05, 0.1) is 10.9 Å². The molecule has 5 nitrogen and oxygen atoms in total. The predicted octanol–water partition coefficient (Wildman–Crippen LogP) is 2.71. The number of hydrogen-bond donors (Lipinski definition) is 2. The Morgan fingerprint density at radius 2 is 2.19 bits per heavy atom. The zero-order chi connectivity index (χ0) is 15.6. The highest BCUT2D eigenvalue weighted by atomic mass is 79.9. The first-order valence-electron chi connectivity index (χ1n) is 6.26. The van der Waals surface area contributed by atoms with Gasteiger partial charge in [-0.1, -0.05) is 6.07 Å². The molecule has 1 aromatic heterocycles. The van der Waals surface area contributed by atoms with Crippen LogP contribution in [0.1, 0.15) is 29.2 Å². The SMILES string of the molecule is Cc1csc(C(C)NS(=O)(=O)c2cc(CN)ccc2Br)n1. The van der Waals surface area contributed by atoms with Gasteiger partial charge in [-0.05, 0) is 47.5 Å². The second-order valence-corrected chi connectivity index (χ2v) is 8.07. The zero-order valence-electron chi connectivity index (χ0n) is 11.6. The number of nitrogens with two attached hydrogens (primary N) is 1. The number of halogens is 1. The van der Waals surface area contributed by atoms with Crippen LogP contribution < -0.4 is 10.5 Å². The van der Waals surface area contributed by atoms with E-state index in [-0.39, 0.29) is 17.5 Å². The molecule has 0 aliphatic carbocycles. The molecule has 1 aromatic carbocycles. The molecule has 0 radical (unpaired) electrons. The summed E-state index contributed by atoms with van der Waals surface area (Å²) in [6.07, 6.45) is 0. The lowest BCUT2D eigenvalue weighted by atomic mass is 10.2. The molecule has 0 amide bonds. The maximum absolute atomic E-state index is 12.5. The van der Waals surface area contributed by atoms with Crippen molar-refractivity contribution in [3.05, 3.63) is 44.3 Å². The smallest absolute Gasteiger partial charge is 0.242 e. The Balaban J connectivity index is 2.30. The van der Waals surface area contributed by atoms with Gasteiger partial charge in [0.25, 0.3) is 0 Å². The van der Waals surface area contributed by atoms with E-state index < -0.39 is 10.0 Å². The molecule has 2 aromatic rings. The number of nitrogens with zero attached hydrogens (tertiary/aromatic N) is 1. The zero-order valence-corrected chi connectivity index (χ0v) is 14.8. The normalized spacial score (nSPS) is 13.3. The highest BCUT2D eigenvalue weighted by Gasteiger charge is 2.22. The Bertz CT molecular complexity index is 744. The van der Waals surface area contributed by atoms with Crippen LogP contribution in [0, 0.1) is 6.92 Å². The molecule has 114 valence electrons. The maximum atomic E-state index is 12.5. The van der Waals surface area contributed by atoms with Crippen molar-refractivity contribution in [1.82, 2.24) is 9.71 Å². The quantitative estimate of drug-likeness (QED) is 0.822. The van der Waals surface area contributed by atoms with Crippen LogP contribution in [0.4, 0.5) is 0 Å². The molecule has 1 atom stereocenters. The lowest BCUT2D eigenvalue weighted by Crippen LogP contribution is -2.27. The molecule has 2 rings (SSSR count). The van der Waals surface area contributed by atoms with Crippen molar-refractivity contribution >= 4 is 37.3 Å². The number of nitrogens with one attached hydrogen (secondary N) is 1. The van der Waals surface area contributed by atoms with Gasteiger partial charge in [-0.15, -0.1) is 11.3 Å². The van der Waals surface area contributed by atoms with Gasteiger partial charge >= 0.3 is 0 Å². The minimum atomic E-state index is -3.65. The molecule has 8 heteroatoms. The van der Waals surface area contributed by atoms with Gasteiger partial charge in [0, 0.05) is 22.1 Å². The average molecular weight is 390 g/mol. The first-order valence-corrected chi connectivity index (χ1v) is 9.42. The third-order valence-corrected chi connectivity index (χ3v) is 6.54. The Kier molecular flexibility index (Phi) is 5.15. The van der Waals surface area contributed by atoms with Crippen LogP contribution in [0.5, 0.6) is 0 Å². The van der Waals surface area contributed by atoms with Crippen molar-refractivity contribution in [2.24, 2.45) is 5.73 Å². The first kappa shape index (κ1) is 16.6. The van der Waals surface area contributed by atoms with Crippen LogP contribution in [0.25, 0.3) is 0 Å². The Hall–Kier alpha value is -0.800. The van der Waals surface area contributed by atoms with Gasteiger partial charge < -0.3 is 5.73 Å². The van der Waals surface area contributed by atoms with E-state index in [0.717, 1.165) is 16.3 Å². The van der Waals surface area contributed by atoms with Crippen LogP contribution in [0.2, 0.25) is 0 Å². The van der Waals surface area contributed by atoms with Crippen LogP contribution in [-0.2, 0) is 16.6 Å². The largest absolute Gasteiger partial charge is 0.326 e. The van der Waals surface area contributed by atoms with Crippen LogP contribution in [0.3, 0.4) is 0 Å². The van der Waals surface area contributed by atoms with Crippen molar-refractivity contribution in [1.29, 1.82) is 0 Å². The molecule has 0 aliphatic heterocycles. The number of rotatable bonds is 5. The van der Waals surface area contributed by atoms with Crippen molar-refractivity contribution in [2.75, 3.05) is 0 Å². The van der Waals surface area contributed by atoms with Crippen molar-refractivity contribution in [3.63, 3.8) is 0 Å². The summed E-state index contributed by atoms with van der Waals surface area (Å²) in [5.74, 6) is 0. The molecule has 0 fully saturated rings. The molecule has 1 heterocycles. The van der Waals surface area contributed by atoms with E-state index >= 15 is 0 Å². The van der Waals surface area contributed by atoms with Crippen molar-refractivity contribution in [3.8, 4) is 0 Å².